The summed E-state index contributed by atoms with van der Waals surface area (Å²) in [6, 6.07) is 16.9. The van der Waals surface area contributed by atoms with Gasteiger partial charge in [0.1, 0.15) is 5.82 Å². The number of carboxylic acid groups (broad SMARTS) is 1. The van der Waals surface area contributed by atoms with Crippen LogP contribution in [0.3, 0.4) is 0 Å². The molecule has 0 radical (unpaired) electrons. The van der Waals surface area contributed by atoms with Crippen molar-refractivity contribution in [2.24, 2.45) is 0 Å². The summed E-state index contributed by atoms with van der Waals surface area (Å²) in [5.74, 6) is -2.48. The smallest absolute Gasteiger partial charge is 0.304 e. The van der Waals surface area contributed by atoms with Gasteiger partial charge in [-0.3, -0.25) is 4.79 Å². The van der Waals surface area contributed by atoms with Crippen molar-refractivity contribution in [2.45, 2.75) is 18.3 Å². The number of halogens is 1. The van der Waals surface area contributed by atoms with Gasteiger partial charge in [0.05, 0.1) is 18.4 Å². The molecule has 2 unspecified atom stereocenters. The van der Waals surface area contributed by atoms with E-state index in [2.05, 4.69) is 6.07 Å². The summed E-state index contributed by atoms with van der Waals surface area (Å²) < 4.78 is 13.0. The van der Waals surface area contributed by atoms with Gasteiger partial charge in [-0.15, -0.1) is 0 Å². The monoisotopic (exact) mass is 283 g/mol. The SMILES string of the molecule is N#CC(c1ccccc1)C(CC(=O)O)c1ccc(F)cc1. The molecule has 2 aromatic carbocycles. The summed E-state index contributed by atoms with van der Waals surface area (Å²) in [5, 5.41) is 18.6. The van der Waals surface area contributed by atoms with E-state index in [1.807, 2.05) is 18.2 Å². The van der Waals surface area contributed by atoms with E-state index >= 15 is 0 Å². The van der Waals surface area contributed by atoms with Crippen LogP contribution in [0.25, 0.3) is 0 Å². The van der Waals surface area contributed by atoms with Crippen molar-refractivity contribution in [1.82, 2.24) is 0 Å². The third-order valence-corrected chi connectivity index (χ3v) is 3.39. The first-order chi connectivity index (χ1) is 10.1. The lowest BCUT2D eigenvalue weighted by Gasteiger charge is -2.21. The van der Waals surface area contributed by atoms with Crippen LogP contribution >= 0.6 is 0 Å². The summed E-state index contributed by atoms with van der Waals surface area (Å²) >= 11 is 0. The minimum Gasteiger partial charge on any atom is -0.481 e. The lowest BCUT2D eigenvalue weighted by Crippen LogP contribution is -2.14. The fourth-order valence-electron chi connectivity index (χ4n) is 2.38. The van der Waals surface area contributed by atoms with E-state index in [0.29, 0.717) is 5.56 Å². The molecule has 0 saturated carbocycles. The zero-order chi connectivity index (χ0) is 15.2. The van der Waals surface area contributed by atoms with Gasteiger partial charge in [0.25, 0.3) is 0 Å². The minimum absolute atomic E-state index is 0.182. The molecular weight excluding hydrogens is 269 g/mol. The van der Waals surface area contributed by atoms with Gasteiger partial charge < -0.3 is 5.11 Å². The van der Waals surface area contributed by atoms with Gasteiger partial charge in [-0.1, -0.05) is 42.5 Å². The summed E-state index contributed by atoms with van der Waals surface area (Å²) in [4.78, 5) is 11.1. The van der Waals surface area contributed by atoms with Crippen LogP contribution in [0.2, 0.25) is 0 Å². The van der Waals surface area contributed by atoms with Gasteiger partial charge >= 0.3 is 5.97 Å². The van der Waals surface area contributed by atoms with Gasteiger partial charge in [-0.25, -0.2) is 4.39 Å². The second-order valence-corrected chi connectivity index (χ2v) is 4.77. The molecule has 21 heavy (non-hydrogen) atoms. The lowest BCUT2D eigenvalue weighted by atomic mass is 9.80. The number of aliphatic carboxylic acids is 1. The first kappa shape index (κ1) is 14.7. The first-order valence-corrected chi connectivity index (χ1v) is 6.53. The molecular formula is C17H14FNO2. The van der Waals surface area contributed by atoms with Crippen molar-refractivity contribution in [2.75, 3.05) is 0 Å². The number of nitrogens with zero attached hydrogens (tertiary/aromatic N) is 1. The van der Waals surface area contributed by atoms with Crippen molar-refractivity contribution in [3.63, 3.8) is 0 Å². The van der Waals surface area contributed by atoms with Crippen LogP contribution in [-0.4, -0.2) is 11.1 Å². The average Bonchev–Trinajstić information content (AvgIpc) is 2.48. The van der Waals surface area contributed by atoms with Gasteiger partial charge in [0.2, 0.25) is 0 Å². The van der Waals surface area contributed by atoms with Crippen molar-refractivity contribution in [3.05, 3.63) is 71.5 Å². The predicted molar refractivity (Wildman–Crippen MR) is 76.2 cm³/mol. The standard InChI is InChI=1S/C17H14FNO2/c18-14-8-6-13(7-9-14)15(10-17(20)21)16(11-19)12-4-2-1-3-5-12/h1-9,15-16H,10H2,(H,20,21). The highest BCUT2D eigenvalue weighted by Gasteiger charge is 2.27. The number of carboxylic acids is 1. The maximum Gasteiger partial charge on any atom is 0.304 e. The number of nitriles is 1. The number of hydrogen-bond acceptors (Lipinski definition) is 2. The Labute approximate surface area is 122 Å². The molecule has 0 fully saturated rings. The summed E-state index contributed by atoms with van der Waals surface area (Å²) in [6.45, 7) is 0. The molecule has 4 heteroatoms. The molecule has 106 valence electrons. The number of hydrogen-bond donors (Lipinski definition) is 1. The van der Waals surface area contributed by atoms with Crippen LogP contribution in [0.1, 0.15) is 29.4 Å². The van der Waals surface area contributed by atoms with Gasteiger partial charge in [-0.2, -0.15) is 5.26 Å². The van der Waals surface area contributed by atoms with Gasteiger partial charge in [0.15, 0.2) is 0 Å². The molecule has 0 saturated heterocycles. The number of rotatable bonds is 5. The normalized spacial score (nSPS) is 13.1. The molecule has 2 rings (SSSR count). The van der Waals surface area contributed by atoms with E-state index < -0.39 is 17.8 Å². The Balaban J connectivity index is 2.41. The Morgan fingerprint density at radius 2 is 1.71 bits per heavy atom. The van der Waals surface area contributed by atoms with E-state index in [9.17, 15) is 14.4 Å². The minimum atomic E-state index is -0.986. The van der Waals surface area contributed by atoms with E-state index in [-0.39, 0.29) is 12.2 Å². The molecule has 0 aliphatic heterocycles. The van der Waals surface area contributed by atoms with Crippen molar-refractivity contribution in [3.8, 4) is 6.07 Å². The molecule has 0 aliphatic rings. The van der Waals surface area contributed by atoms with Crippen LogP contribution in [0.4, 0.5) is 4.39 Å². The second kappa shape index (κ2) is 6.67. The van der Waals surface area contributed by atoms with E-state index in [4.69, 9.17) is 5.11 Å². The van der Waals surface area contributed by atoms with E-state index in [1.165, 1.54) is 24.3 Å². The molecule has 3 nitrogen and oxygen atoms in total. The molecule has 1 N–H and O–H groups in total. The van der Waals surface area contributed by atoms with Crippen LogP contribution in [0.5, 0.6) is 0 Å². The quantitative estimate of drug-likeness (QED) is 0.910. The zero-order valence-corrected chi connectivity index (χ0v) is 11.2. The fraction of sp³-hybridized carbons (Fsp3) is 0.176. The molecule has 0 amide bonds. The molecule has 0 spiro atoms. The van der Waals surface area contributed by atoms with Gasteiger partial charge in [0, 0.05) is 5.92 Å². The topological polar surface area (TPSA) is 61.1 Å². The van der Waals surface area contributed by atoms with Crippen molar-refractivity contribution in [1.29, 1.82) is 5.26 Å². The average molecular weight is 283 g/mol. The van der Waals surface area contributed by atoms with E-state index in [0.717, 1.165) is 5.56 Å². The first-order valence-electron chi connectivity index (χ1n) is 6.53. The number of carbonyl (C=O) groups is 1. The van der Waals surface area contributed by atoms with Crippen molar-refractivity contribution < 1.29 is 14.3 Å². The fourth-order valence-corrected chi connectivity index (χ4v) is 2.38. The second-order valence-electron chi connectivity index (χ2n) is 4.77. The highest BCUT2D eigenvalue weighted by molar-refractivity contribution is 5.68. The Morgan fingerprint density at radius 3 is 2.24 bits per heavy atom. The summed E-state index contributed by atoms with van der Waals surface area (Å²) in [6.07, 6.45) is -0.182. The molecule has 2 atom stereocenters. The predicted octanol–water partition coefficient (Wildman–Crippen LogP) is 3.69. The lowest BCUT2D eigenvalue weighted by molar-refractivity contribution is -0.137. The van der Waals surface area contributed by atoms with Crippen molar-refractivity contribution >= 4 is 5.97 Å². The maximum atomic E-state index is 13.0. The molecule has 0 heterocycles. The molecule has 0 bridgehead atoms. The third kappa shape index (κ3) is 3.67. The molecule has 2 aromatic rings. The van der Waals surface area contributed by atoms with Crippen LogP contribution in [-0.2, 0) is 4.79 Å². The van der Waals surface area contributed by atoms with Gasteiger partial charge in [-0.05, 0) is 23.3 Å². The van der Waals surface area contributed by atoms with Crippen LogP contribution in [0.15, 0.2) is 54.6 Å². The number of benzene rings is 2. The Hall–Kier alpha value is -2.67. The Morgan fingerprint density at radius 1 is 1.10 bits per heavy atom. The highest BCUT2D eigenvalue weighted by Crippen LogP contribution is 2.35. The Bertz CT molecular complexity index is 647. The molecule has 0 aliphatic carbocycles. The zero-order valence-electron chi connectivity index (χ0n) is 11.2. The Kier molecular flexibility index (Phi) is 4.68. The maximum absolute atomic E-state index is 13.0. The summed E-state index contributed by atoms with van der Waals surface area (Å²) in [5.41, 5.74) is 1.41. The highest BCUT2D eigenvalue weighted by atomic mass is 19.1. The van der Waals surface area contributed by atoms with Crippen LogP contribution < -0.4 is 0 Å². The largest absolute Gasteiger partial charge is 0.481 e. The molecule has 0 aromatic heterocycles. The summed E-state index contributed by atoms with van der Waals surface area (Å²) in [7, 11) is 0. The van der Waals surface area contributed by atoms with Crippen LogP contribution in [0, 0.1) is 17.1 Å². The third-order valence-electron chi connectivity index (χ3n) is 3.39. The van der Waals surface area contributed by atoms with E-state index in [1.54, 1.807) is 12.1 Å².